The van der Waals surface area contributed by atoms with Gasteiger partial charge in [-0.3, -0.25) is 0 Å². The molecule has 120 valence electrons. The Morgan fingerprint density at radius 2 is 1.71 bits per heavy atom. The first kappa shape index (κ1) is 18.6. The summed E-state index contributed by atoms with van der Waals surface area (Å²) in [5.74, 6) is -0.184. The molecule has 1 N–H and O–H groups in total. The van der Waals surface area contributed by atoms with Crippen LogP contribution in [0.3, 0.4) is 0 Å². The van der Waals surface area contributed by atoms with Gasteiger partial charge in [0.05, 0.1) is 0 Å². The molecule has 0 heterocycles. The molecule has 1 atom stereocenters. The van der Waals surface area contributed by atoms with Crippen molar-refractivity contribution in [3.63, 3.8) is 0 Å². The zero-order chi connectivity index (χ0) is 15.5. The largest absolute Gasteiger partial charge is 0.310 e. The van der Waals surface area contributed by atoms with Crippen LogP contribution in [-0.2, 0) is 0 Å². The zero-order valence-corrected chi connectivity index (χ0v) is 15.0. The summed E-state index contributed by atoms with van der Waals surface area (Å²) in [5, 5.41) is 3.52. The summed E-state index contributed by atoms with van der Waals surface area (Å²) < 4.78 is 14.1. The molecule has 0 amide bonds. The van der Waals surface area contributed by atoms with E-state index in [1.165, 1.54) is 50.5 Å². The molecule has 0 spiro atoms. The van der Waals surface area contributed by atoms with E-state index in [0.29, 0.717) is 6.04 Å². The van der Waals surface area contributed by atoms with E-state index in [1.54, 1.807) is 12.1 Å². The number of halogens is 2. The van der Waals surface area contributed by atoms with Gasteiger partial charge in [0.15, 0.2) is 0 Å². The van der Waals surface area contributed by atoms with Crippen molar-refractivity contribution in [3.8, 4) is 0 Å². The molecule has 0 aliphatic carbocycles. The lowest BCUT2D eigenvalue weighted by Gasteiger charge is -2.20. The average molecular weight is 358 g/mol. The van der Waals surface area contributed by atoms with Crippen LogP contribution in [0, 0.1) is 5.82 Å². The van der Waals surface area contributed by atoms with Gasteiger partial charge >= 0.3 is 0 Å². The molecule has 0 aromatic heterocycles. The van der Waals surface area contributed by atoms with E-state index in [1.807, 2.05) is 6.07 Å². The molecule has 3 heteroatoms. The standard InChI is InChI=1S/C18H29BrFN/c1-3-5-6-7-8-9-10-11-18(21-4-2)16-13-12-15(20)14-17(16)19/h12-14,18,21H,3-11H2,1-2H3. The first-order valence-corrected chi connectivity index (χ1v) is 9.16. The normalized spacial score (nSPS) is 12.6. The van der Waals surface area contributed by atoms with Crippen LogP contribution in [0.15, 0.2) is 22.7 Å². The lowest BCUT2D eigenvalue weighted by molar-refractivity contribution is 0.473. The predicted octanol–water partition coefficient (Wildman–Crippen LogP) is 6.38. The fraction of sp³-hybridized carbons (Fsp3) is 0.667. The van der Waals surface area contributed by atoms with Crippen LogP contribution in [0.2, 0.25) is 0 Å². The molecule has 0 saturated carbocycles. The van der Waals surface area contributed by atoms with Crippen LogP contribution >= 0.6 is 15.9 Å². The predicted molar refractivity (Wildman–Crippen MR) is 93.1 cm³/mol. The molecule has 1 unspecified atom stereocenters. The Balaban J connectivity index is 2.39. The van der Waals surface area contributed by atoms with E-state index in [0.717, 1.165) is 17.4 Å². The Hall–Kier alpha value is -0.410. The molecule has 0 saturated heterocycles. The molecule has 0 radical (unpaired) electrons. The zero-order valence-electron chi connectivity index (χ0n) is 13.4. The molecule has 0 fully saturated rings. The van der Waals surface area contributed by atoms with Gasteiger partial charge in [0, 0.05) is 10.5 Å². The average Bonchev–Trinajstić information content (AvgIpc) is 2.45. The summed E-state index contributed by atoms with van der Waals surface area (Å²) >= 11 is 3.49. The van der Waals surface area contributed by atoms with Crippen LogP contribution in [0.25, 0.3) is 0 Å². The SMILES string of the molecule is CCCCCCCCCC(NCC)c1ccc(F)cc1Br. The summed E-state index contributed by atoms with van der Waals surface area (Å²) in [6.45, 7) is 5.31. The van der Waals surface area contributed by atoms with Crippen molar-refractivity contribution < 1.29 is 4.39 Å². The molecule has 1 rings (SSSR count). The number of rotatable bonds is 11. The quantitative estimate of drug-likeness (QED) is 0.453. The van der Waals surface area contributed by atoms with E-state index in [9.17, 15) is 4.39 Å². The van der Waals surface area contributed by atoms with Gasteiger partial charge in [0.2, 0.25) is 0 Å². The molecule has 0 bridgehead atoms. The third-order valence-corrected chi connectivity index (χ3v) is 4.57. The Morgan fingerprint density at radius 3 is 2.33 bits per heavy atom. The molecular weight excluding hydrogens is 329 g/mol. The van der Waals surface area contributed by atoms with Gasteiger partial charge in [-0.05, 0) is 30.7 Å². The van der Waals surface area contributed by atoms with Crippen molar-refractivity contribution in [2.45, 2.75) is 71.3 Å². The monoisotopic (exact) mass is 357 g/mol. The molecule has 21 heavy (non-hydrogen) atoms. The second-order valence-electron chi connectivity index (χ2n) is 5.69. The van der Waals surface area contributed by atoms with Gasteiger partial charge in [-0.25, -0.2) is 4.39 Å². The van der Waals surface area contributed by atoms with Gasteiger partial charge in [-0.1, -0.05) is 80.8 Å². The highest BCUT2D eigenvalue weighted by molar-refractivity contribution is 9.10. The van der Waals surface area contributed by atoms with Crippen molar-refractivity contribution in [1.29, 1.82) is 0 Å². The maximum absolute atomic E-state index is 13.2. The molecular formula is C18H29BrFN. The van der Waals surface area contributed by atoms with E-state index < -0.39 is 0 Å². The lowest BCUT2D eigenvalue weighted by atomic mass is 9.99. The lowest BCUT2D eigenvalue weighted by Crippen LogP contribution is -2.21. The minimum Gasteiger partial charge on any atom is -0.310 e. The van der Waals surface area contributed by atoms with E-state index in [2.05, 4.69) is 35.1 Å². The smallest absolute Gasteiger partial charge is 0.124 e. The summed E-state index contributed by atoms with van der Waals surface area (Å²) in [7, 11) is 0. The minimum atomic E-state index is -0.184. The van der Waals surface area contributed by atoms with Crippen LogP contribution in [0.4, 0.5) is 4.39 Å². The Morgan fingerprint density at radius 1 is 1.05 bits per heavy atom. The van der Waals surface area contributed by atoms with Crippen LogP contribution < -0.4 is 5.32 Å². The van der Waals surface area contributed by atoms with Gasteiger partial charge in [0.25, 0.3) is 0 Å². The van der Waals surface area contributed by atoms with Crippen molar-refractivity contribution >= 4 is 15.9 Å². The highest BCUT2D eigenvalue weighted by Crippen LogP contribution is 2.28. The van der Waals surface area contributed by atoms with E-state index in [-0.39, 0.29) is 5.82 Å². The highest BCUT2D eigenvalue weighted by atomic mass is 79.9. The van der Waals surface area contributed by atoms with Crippen molar-refractivity contribution in [3.05, 3.63) is 34.1 Å². The van der Waals surface area contributed by atoms with Gasteiger partial charge in [0.1, 0.15) is 5.82 Å². The number of hydrogen-bond acceptors (Lipinski definition) is 1. The Kier molecular flexibility index (Phi) is 9.94. The molecule has 1 nitrogen and oxygen atoms in total. The van der Waals surface area contributed by atoms with E-state index >= 15 is 0 Å². The fourth-order valence-corrected chi connectivity index (χ4v) is 3.33. The second kappa shape index (κ2) is 11.2. The second-order valence-corrected chi connectivity index (χ2v) is 6.54. The number of hydrogen-bond donors (Lipinski definition) is 1. The Labute approximate surface area is 137 Å². The third-order valence-electron chi connectivity index (χ3n) is 3.88. The first-order chi connectivity index (χ1) is 10.2. The maximum atomic E-state index is 13.2. The number of unbranched alkanes of at least 4 members (excludes halogenated alkanes) is 6. The highest BCUT2D eigenvalue weighted by Gasteiger charge is 2.13. The van der Waals surface area contributed by atoms with E-state index in [4.69, 9.17) is 0 Å². The molecule has 0 aliphatic rings. The van der Waals surface area contributed by atoms with Crippen LogP contribution in [-0.4, -0.2) is 6.54 Å². The fourth-order valence-electron chi connectivity index (χ4n) is 2.70. The molecule has 1 aromatic carbocycles. The third kappa shape index (κ3) is 7.42. The van der Waals surface area contributed by atoms with Crippen LogP contribution in [0.5, 0.6) is 0 Å². The van der Waals surface area contributed by atoms with Crippen molar-refractivity contribution in [2.75, 3.05) is 6.54 Å². The van der Waals surface area contributed by atoms with Gasteiger partial charge in [-0.2, -0.15) is 0 Å². The summed E-state index contributed by atoms with van der Waals surface area (Å²) in [4.78, 5) is 0. The first-order valence-electron chi connectivity index (χ1n) is 8.37. The van der Waals surface area contributed by atoms with Crippen molar-refractivity contribution in [2.24, 2.45) is 0 Å². The topological polar surface area (TPSA) is 12.0 Å². The number of nitrogens with one attached hydrogen (secondary N) is 1. The minimum absolute atomic E-state index is 0.184. The summed E-state index contributed by atoms with van der Waals surface area (Å²) in [6.07, 6.45) is 10.4. The maximum Gasteiger partial charge on any atom is 0.124 e. The van der Waals surface area contributed by atoms with Gasteiger partial charge in [-0.15, -0.1) is 0 Å². The summed E-state index contributed by atoms with van der Waals surface area (Å²) in [6, 6.07) is 5.33. The van der Waals surface area contributed by atoms with Gasteiger partial charge < -0.3 is 5.32 Å². The Bertz CT molecular complexity index is 395. The number of benzene rings is 1. The molecule has 1 aromatic rings. The summed E-state index contributed by atoms with van der Waals surface area (Å²) in [5.41, 5.74) is 1.17. The molecule has 0 aliphatic heterocycles. The van der Waals surface area contributed by atoms with Crippen molar-refractivity contribution in [1.82, 2.24) is 5.32 Å². The van der Waals surface area contributed by atoms with Crippen LogP contribution in [0.1, 0.15) is 76.8 Å².